The van der Waals surface area contributed by atoms with Gasteiger partial charge in [0.2, 0.25) is 5.91 Å². The second-order valence-electron chi connectivity index (χ2n) is 7.52. The summed E-state index contributed by atoms with van der Waals surface area (Å²) in [5.74, 6) is 0.333. The van der Waals surface area contributed by atoms with Gasteiger partial charge in [0.25, 0.3) is 0 Å². The van der Waals surface area contributed by atoms with Crippen LogP contribution in [0.2, 0.25) is 0 Å². The number of hydrogen-bond acceptors (Lipinski definition) is 5. The van der Waals surface area contributed by atoms with Crippen molar-refractivity contribution < 1.29 is 9.53 Å². The highest BCUT2D eigenvalue weighted by Gasteiger charge is 2.30. The lowest BCUT2D eigenvalue weighted by molar-refractivity contribution is -0.137. The molecule has 2 fully saturated rings. The zero-order valence-corrected chi connectivity index (χ0v) is 16.3. The summed E-state index contributed by atoms with van der Waals surface area (Å²) in [5.41, 5.74) is 1.22. The van der Waals surface area contributed by atoms with E-state index in [1.165, 1.54) is 18.5 Å². The Morgan fingerprint density at radius 2 is 2.08 bits per heavy atom. The fraction of sp³-hybridized carbons (Fsp3) is 0.789. The van der Waals surface area contributed by atoms with E-state index < -0.39 is 0 Å². The fourth-order valence-electron chi connectivity index (χ4n) is 4.05. The first-order chi connectivity index (χ1) is 12.7. The number of aromatic nitrogens is 2. The van der Waals surface area contributed by atoms with Crippen LogP contribution in [0.25, 0.3) is 0 Å². The number of amides is 1. The van der Waals surface area contributed by atoms with E-state index >= 15 is 0 Å². The molecule has 0 saturated carbocycles. The average Bonchev–Trinajstić information content (AvgIpc) is 2.95. The minimum Gasteiger partial charge on any atom is -0.383 e. The first kappa shape index (κ1) is 19.3. The number of methoxy groups -OCH3 is 1. The Labute approximate surface area is 156 Å². The van der Waals surface area contributed by atoms with Crippen LogP contribution in [0.1, 0.15) is 31.4 Å². The van der Waals surface area contributed by atoms with Gasteiger partial charge in [0.1, 0.15) is 0 Å². The third kappa shape index (κ3) is 4.84. The lowest BCUT2D eigenvalue weighted by Gasteiger charge is -2.35. The van der Waals surface area contributed by atoms with E-state index in [4.69, 9.17) is 4.74 Å². The van der Waals surface area contributed by atoms with Crippen LogP contribution < -0.4 is 0 Å². The molecule has 26 heavy (non-hydrogen) atoms. The van der Waals surface area contributed by atoms with Crippen LogP contribution >= 0.6 is 0 Å². The number of likely N-dealkylation sites (tertiary alicyclic amines) is 1. The number of nitrogens with zero attached hydrogens (tertiary/aromatic N) is 5. The third-order valence-electron chi connectivity index (χ3n) is 5.68. The van der Waals surface area contributed by atoms with Crippen LogP contribution in [0.5, 0.6) is 0 Å². The number of rotatable bonds is 6. The highest BCUT2D eigenvalue weighted by Crippen LogP contribution is 2.18. The van der Waals surface area contributed by atoms with Gasteiger partial charge in [0, 0.05) is 52.6 Å². The highest BCUT2D eigenvalue weighted by atomic mass is 16.5. The lowest BCUT2D eigenvalue weighted by atomic mass is 10.0. The summed E-state index contributed by atoms with van der Waals surface area (Å²) >= 11 is 0. The topological polar surface area (TPSA) is 53.8 Å². The Kier molecular flexibility index (Phi) is 7.05. The lowest BCUT2D eigenvalue weighted by Crippen LogP contribution is -2.50. The van der Waals surface area contributed by atoms with Crippen LogP contribution in [0, 0.1) is 0 Å². The van der Waals surface area contributed by atoms with Gasteiger partial charge in [-0.05, 0) is 32.9 Å². The quantitative estimate of drug-likeness (QED) is 0.756. The third-order valence-corrected chi connectivity index (χ3v) is 5.68. The van der Waals surface area contributed by atoms with E-state index in [0.29, 0.717) is 12.5 Å². The van der Waals surface area contributed by atoms with Crippen LogP contribution in [0.3, 0.4) is 0 Å². The molecule has 0 spiro atoms. The van der Waals surface area contributed by atoms with Gasteiger partial charge < -0.3 is 14.2 Å². The molecular formula is C19H33N5O2. The summed E-state index contributed by atoms with van der Waals surface area (Å²) < 4.78 is 7.34. The molecule has 1 amide bonds. The monoisotopic (exact) mass is 363 g/mol. The van der Waals surface area contributed by atoms with Gasteiger partial charge in [-0.1, -0.05) is 6.42 Å². The van der Waals surface area contributed by atoms with Crippen molar-refractivity contribution in [3.05, 3.63) is 18.2 Å². The van der Waals surface area contributed by atoms with E-state index in [-0.39, 0.29) is 6.04 Å². The number of imidazole rings is 1. The summed E-state index contributed by atoms with van der Waals surface area (Å²) in [7, 11) is 3.81. The predicted octanol–water partition coefficient (Wildman–Crippen LogP) is 1.05. The van der Waals surface area contributed by atoms with Gasteiger partial charge in [0.15, 0.2) is 0 Å². The molecule has 1 aromatic rings. The van der Waals surface area contributed by atoms with Crippen molar-refractivity contribution >= 4 is 5.91 Å². The molecule has 1 unspecified atom stereocenters. The van der Waals surface area contributed by atoms with E-state index in [9.17, 15) is 4.79 Å². The molecule has 0 radical (unpaired) electrons. The number of piperidine rings is 1. The van der Waals surface area contributed by atoms with Crippen LogP contribution in [-0.2, 0) is 22.6 Å². The van der Waals surface area contributed by atoms with E-state index in [2.05, 4.69) is 31.3 Å². The van der Waals surface area contributed by atoms with Crippen molar-refractivity contribution in [1.82, 2.24) is 24.3 Å². The Morgan fingerprint density at radius 1 is 1.19 bits per heavy atom. The molecule has 2 saturated heterocycles. The first-order valence-corrected chi connectivity index (χ1v) is 9.88. The van der Waals surface area contributed by atoms with Gasteiger partial charge in [-0.15, -0.1) is 0 Å². The van der Waals surface area contributed by atoms with Crippen LogP contribution in [0.4, 0.5) is 0 Å². The molecule has 2 aliphatic heterocycles. The molecule has 0 N–H and O–H groups in total. The normalized spacial score (nSPS) is 23.2. The number of ether oxygens (including phenoxy) is 1. The maximum atomic E-state index is 13.0. The average molecular weight is 364 g/mol. The molecule has 0 aliphatic carbocycles. The molecule has 0 aromatic carbocycles. The maximum absolute atomic E-state index is 13.0. The van der Waals surface area contributed by atoms with Crippen molar-refractivity contribution in [1.29, 1.82) is 0 Å². The largest absolute Gasteiger partial charge is 0.383 e. The van der Waals surface area contributed by atoms with Crippen molar-refractivity contribution in [3.63, 3.8) is 0 Å². The second kappa shape index (κ2) is 9.48. The number of carbonyl (C=O) groups excluding carboxylic acids is 1. The Balaban J connectivity index is 1.53. The van der Waals surface area contributed by atoms with E-state index in [1.807, 2.05) is 12.5 Å². The predicted molar refractivity (Wildman–Crippen MR) is 101 cm³/mol. The molecule has 2 aliphatic rings. The number of carbonyl (C=O) groups is 1. The molecular weight excluding hydrogens is 330 g/mol. The Bertz CT molecular complexity index is 576. The molecule has 1 atom stereocenters. The molecule has 1 aromatic heterocycles. The molecule has 3 heterocycles. The first-order valence-electron chi connectivity index (χ1n) is 9.88. The van der Waals surface area contributed by atoms with E-state index in [1.54, 1.807) is 7.11 Å². The highest BCUT2D eigenvalue weighted by molar-refractivity contribution is 5.82. The van der Waals surface area contributed by atoms with Gasteiger partial charge in [-0.25, -0.2) is 4.98 Å². The second-order valence-corrected chi connectivity index (χ2v) is 7.52. The summed E-state index contributed by atoms with van der Waals surface area (Å²) in [5, 5.41) is 0. The number of hydrogen-bond donors (Lipinski definition) is 0. The molecule has 7 heteroatoms. The molecule has 7 nitrogen and oxygen atoms in total. The van der Waals surface area contributed by atoms with Crippen molar-refractivity contribution in [2.75, 3.05) is 53.5 Å². The standard InChI is InChI=1S/C19H33N5O2/c1-21-7-4-3-6-18(21)19(25)23-9-5-8-22(10-11-23)15-17-14-20-16-24(17)12-13-26-2/h14,16,18H,3-13,15H2,1-2H3. The molecule has 146 valence electrons. The minimum absolute atomic E-state index is 0.0887. The Morgan fingerprint density at radius 3 is 2.88 bits per heavy atom. The van der Waals surface area contributed by atoms with Gasteiger partial charge in [-0.2, -0.15) is 0 Å². The Hall–Kier alpha value is -1.44. The minimum atomic E-state index is 0.0887. The van der Waals surface area contributed by atoms with Crippen LogP contribution in [-0.4, -0.2) is 89.7 Å². The summed E-state index contributed by atoms with van der Waals surface area (Å²) in [6.07, 6.45) is 8.25. The fourth-order valence-corrected chi connectivity index (χ4v) is 4.05. The molecule has 0 bridgehead atoms. The molecule has 3 rings (SSSR count). The summed E-state index contributed by atoms with van der Waals surface area (Å²) in [4.78, 5) is 24.0. The van der Waals surface area contributed by atoms with Gasteiger partial charge in [-0.3, -0.25) is 14.6 Å². The smallest absolute Gasteiger partial charge is 0.239 e. The van der Waals surface area contributed by atoms with Gasteiger partial charge in [0.05, 0.1) is 24.7 Å². The summed E-state index contributed by atoms with van der Waals surface area (Å²) in [6, 6.07) is 0.0887. The van der Waals surface area contributed by atoms with Crippen molar-refractivity contribution in [2.24, 2.45) is 0 Å². The zero-order chi connectivity index (χ0) is 18.4. The van der Waals surface area contributed by atoms with Crippen molar-refractivity contribution in [3.8, 4) is 0 Å². The van der Waals surface area contributed by atoms with Crippen molar-refractivity contribution in [2.45, 2.75) is 44.8 Å². The SMILES string of the molecule is COCCn1cncc1CN1CCCN(C(=O)C2CCCCN2C)CC1. The van der Waals surface area contributed by atoms with E-state index in [0.717, 1.165) is 58.7 Å². The number of likely N-dealkylation sites (N-methyl/N-ethyl adjacent to an activating group) is 1. The van der Waals surface area contributed by atoms with Crippen LogP contribution in [0.15, 0.2) is 12.5 Å². The summed E-state index contributed by atoms with van der Waals surface area (Å²) in [6.45, 7) is 7.12. The maximum Gasteiger partial charge on any atom is 0.239 e. The van der Waals surface area contributed by atoms with Gasteiger partial charge >= 0.3 is 0 Å². The zero-order valence-electron chi connectivity index (χ0n) is 16.3.